The van der Waals surface area contributed by atoms with Gasteiger partial charge in [0.2, 0.25) is 5.89 Å². The first-order chi connectivity index (χ1) is 17.5. The quantitative estimate of drug-likeness (QED) is 0.323. The monoisotopic (exact) mass is 524 g/mol. The van der Waals surface area contributed by atoms with Crippen molar-refractivity contribution in [3.8, 4) is 22.6 Å². The lowest BCUT2D eigenvalue weighted by atomic mass is 9.95. The van der Waals surface area contributed by atoms with Crippen LogP contribution >= 0.6 is 23.2 Å². The van der Waals surface area contributed by atoms with Gasteiger partial charge in [-0.25, -0.2) is 4.98 Å². The molecule has 2 aliphatic heterocycles. The molecule has 1 N–H and O–H groups in total. The van der Waals surface area contributed by atoms with E-state index in [1.165, 1.54) is 0 Å². The van der Waals surface area contributed by atoms with Crippen LogP contribution in [0.2, 0.25) is 10.0 Å². The fourth-order valence-corrected chi connectivity index (χ4v) is 5.88. The van der Waals surface area contributed by atoms with Crippen LogP contribution in [0.15, 0.2) is 52.9 Å². The van der Waals surface area contributed by atoms with E-state index < -0.39 is 5.79 Å². The maximum Gasteiger partial charge on any atom is 0.227 e. The number of aliphatic hydroxyl groups is 1. The van der Waals surface area contributed by atoms with Crippen molar-refractivity contribution in [3.63, 3.8) is 0 Å². The van der Waals surface area contributed by atoms with Crippen molar-refractivity contribution in [2.75, 3.05) is 31.2 Å². The van der Waals surface area contributed by atoms with Crippen LogP contribution in [0.5, 0.6) is 0 Å². The first-order valence-electron chi connectivity index (χ1n) is 12.1. The number of hydrogen-bond acceptors (Lipinski definition) is 6. The summed E-state index contributed by atoms with van der Waals surface area (Å²) in [4.78, 5) is 6.98. The van der Waals surface area contributed by atoms with Crippen molar-refractivity contribution >= 4 is 40.0 Å². The summed E-state index contributed by atoms with van der Waals surface area (Å²) in [6.45, 7) is 4.91. The Morgan fingerprint density at radius 1 is 0.972 bits per heavy atom. The Hall–Kier alpha value is -2.61. The van der Waals surface area contributed by atoms with Crippen LogP contribution in [0.3, 0.4) is 0 Å². The van der Waals surface area contributed by atoms with E-state index in [2.05, 4.69) is 22.0 Å². The van der Waals surface area contributed by atoms with Gasteiger partial charge in [-0.2, -0.15) is 0 Å². The summed E-state index contributed by atoms with van der Waals surface area (Å²) in [5, 5.41) is 10.6. The number of rotatable bonds is 4. The SMILES string of the molecule is Cc1c(-c2nc3cc(CO)cc(Cl)c3o2)cccc1-c1cccc(N2CCC3(CC2)OCCO3)c1Cl. The Morgan fingerprint density at radius 2 is 1.67 bits per heavy atom. The molecule has 36 heavy (non-hydrogen) atoms. The highest BCUT2D eigenvalue weighted by Gasteiger charge is 2.40. The maximum atomic E-state index is 9.50. The highest BCUT2D eigenvalue weighted by Crippen LogP contribution is 2.42. The molecule has 0 amide bonds. The number of halogens is 2. The summed E-state index contributed by atoms with van der Waals surface area (Å²) < 4.78 is 17.8. The first-order valence-corrected chi connectivity index (χ1v) is 12.9. The summed E-state index contributed by atoms with van der Waals surface area (Å²) >= 11 is 13.4. The fraction of sp³-hybridized carbons (Fsp3) is 0.321. The maximum absolute atomic E-state index is 9.50. The van der Waals surface area contributed by atoms with Crippen molar-refractivity contribution < 1.29 is 19.0 Å². The minimum atomic E-state index is -0.425. The molecule has 3 aromatic carbocycles. The number of piperidine rings is 1. The number of aliphatic hydroxyl groups excluding tert-OH is 1. The fourth-order valence-electron chi connectivity index (χ4n) is 5.26. The van der Waals surface area contributed by atoms with Crippen molar-refractivity contribution in [3.05, 3.63) is 69.7 Å². The third kappa shape index (κ3) is 4.07. The normalized spacial score (nSPS) is 17.4. The number of anilines is 1. The lowest BCUT2D eigenvalue weighted by Gasteiger charge is -2.39. The largest absolute Gasteiger partial charge is 0.434 e. The van der Waals surface area contributed by atoms with Gasteiger partial charge in [0.25, 0.3) is 0 Å². The highest BCUT2D eigenvalue weighted by molar-refractivity contribution is 6.36. The molecule has 0 atom stereocenters. The van der Waals surface area contributed by atoms with Gasteiger partial charge >= 0.3 is 0 Å². The average molecular weight is 525 g/mol. The highest BCUT2D eigenvalue weighted by atomic mass is 35.5. The molecule has 2 aliphatic rings. The molecule has 2 saturated heterocycles. The molecule has 6 rings (SSSR count). The van der Waals surface area contributed by atoms with E-state index in [-0.39, 0.29) is 6.61 Å². The molecule has 6 nitrogen and oxygen atoms in total. The molecule has 0 radical (unpaired) electrons. The van der Waals surface area contributed by atoms with E-state index >= 15 is 0 Å². The number of hydrogen-bond donors (Lipinski definition) is 1. The molecule has 0 aliphatic carbocycles. The molecule has 1 spiro atoms. The summed E-state index contributed by atoms with van der Waals surface area (Å²) in [7, 11) is 0. The molecular formula is C28H26Cl2N2O4. The van der Waals surface area contributed by atoms with Crippen molar-refractivity contribution in [1.82, 2.24) is 4.98 Å². The van der Waals surface area contributed by atoms with Crippen molar-refractivity contribution in [2.45, 2.75) is 32.2 Å². The zero-order valence-corrected chi connectivity index (χ0v) is 21.4. The van der Waals surface area contributed by atoms with Crippen LogP contribution in [0.25, 0.3) is 33.7 Å². The van der Waals surface area contributed by atoms with Crippen molar-refractivity contribution in [2.24, 2.45) is 0 Å². The van der Waals surface area contributed by atoms with E-state index in [9.17, 15) is 5.11 Å². The molecule has 1 aromatic heterocycles. The summed E-state index contributed by atoms with van der Waals surface area (Å²) in [6, 6.07) is 15.7. The standard InChI is InChI=1S/C28H26Cl2N2O4/c1-17-19(4-2-5-20(17)27-31-23-15-18(16-33)14-22(29)26(23)36-27)21-6-3-7-24(25(21)30)32-10-8-28(9-11-32)34-12-13-35-28/h2-7,14-15,33H,8-13,16H2,1H3. The van der Waals surface area contributed by atoms with E-state index in [0.29, 0.717) is 40.8 Å². The number of fused-ring (bicyclic) bond motifs is 1. The molecule has 186 valence electrons. The Bertz CT molecular complexity index is 1440. The van der Waals surface area contributed by atoms with Gasteiger partial charge in [0.15, 0.2) is 11.4 Å². The number of aromatic nitrogens is 1. The van der Waals surface area contributed by atoms with E-state index in [1.54, 1.807) is 12.1 Å². The molecule has 4 aromatic rings. The molecular weight excluding hydrogens is 499 g/mol. The van der Waals surface area contributed by atoms with Gasteiger partial charge in [-0.3, -0.25) is 0 Å². The second-order valence-electron chi connectivity index (χ2n) is 9.31. The third-order valence-electron chi connectivity index (χ3n) is 7.20. The lowest BCUT2D eigenvalue weighted by Crippen LogP contribution is -2.45. The van der Waals surface area contributed by atoms with Crippen LogP contribution in [0.1, 0.15) is 24.0 Å². The molecule has 2 fully saturated rings. The molecule has 0 unspecified atom stereocenters. The number of oxazole rings is 1. The molecule has 8 heteroatoms. The summed E-state index contributed by atoms with van der Waals surface area (Å²) in [6.07, 6.45) is 1.64. The average Bonchev–Trinajstić information content (AvgIpc) is 3.53. The van der Waals surface area contributed by atoms with Crippen LogP contribution in [-0.4, -0.2) is 42.2 Å². The molecule has 3 heterocycles. The predicted molar refractivity (Wildman–Crippen MR) is 142 cm³/mol. The Balaban J connectivity index is 1.35. The van der Waals surface area contributed by atoms with Gasteiger partial charge < -0.3 is 23.9 Å². The second-order valence-corrected chi connectivity index (χ2v) is 10.1. The van der Waals surface area contributed by atoms with Crippen LogP contribution in [-0.2, 0) is 16.1 Å². The van der Waals surface area contributed by atoms with Crippen LogP contribution < -0.4 is 4.90 Å². The Kier molecular flexibility index (Phi) is 6.18. The number of nitrogens with zero attached hydrogens (tertiary/aromatic N) is 2. The topological polar surface area (TPSA) is 68.0 Å². The first kappa shape index (κ1) is 23.8. The minimum absolute atomic E-state index is 0.112. The van der Waals surface area contributed by atoms with E-state index in [4.69, 9.17) is 37.1 Å². The summed E-state index contributed by atoms with van der Waals surface area (Å²) in [5.41, 5.74) is 6.66. The zero-order chi connectivity index (χ0) is 24.9. The predicted octanol–water partition coefficient (Wildman–Crippen LogP) is 6.61. The molecule has 0 saturated carbocycles. The summed E-state index contributed by atoms with van der Waals surface area (Å²) in [5.74, 6) is 0.0536. The minimum Gasteiger partial charge on any atom is -0.434 e. The second kappa shape index (κ2) is 9.36. The van der Waals surface area contributed by atoms with Crippen molar-refractivity contribution in [1.29, 1.82) is 0 Å². The third-order valence-corrected chi connectivity index (χ3v) is 7.88. The Labute approximate surface area is 219 Å². The Morgan fingerprint density at radius 3 is 2.42 bits per heavy atom. The van der Waals surface area contributed by atoms with Gasteiger partial charge in [-0.1, -0.05) is 47.5 Å². The van der Waals surface area contributed by atoms with Gasteiger partial charge in [0, 0.05) is 37.1 Å². The van der Waals surface area contributed by atoms with E-state index in [1.807, 2.05) is 31.2 Å². The molecule has 0 bridgehead atoms. The smallest absolute Gasteiger partial charge is 0.227 e. The lowest BCUT2D eigenvalue weighted by molar-refractivity contribution is -0.169. The zero-order valence-electron chi connectivity index (χ0n) is 19.9. The van der Waals surface area contributed by atoms with Gasteiger partial charge in [0.1, 0.15) is 5.52 Å². The number of ether oxygens (including phenoxy) is 2. The van der Waals surface area contributed by atoms with Gasteiger partial charge in [0.05, 0.1) is 35.6 Å². The van der Waals surface area contributed by atoms with Crippen LogP contribution in [0.4, 0.5) is 5.69 Å². The van der Waals surface area contributed by atoms with Gasteiger partial charge in [-0.05, 0) is 47.9 Å². The van der Waals surface area contributed by atoms with E-state index in [0.717, 1.165) is 58.9 Å². The van der Waals surface area contributed by atoms with Gasteiger partial charge in [-0.15, -0.1) is 0 Å². The number of benzene rings is 3. The van der Waals surface area contributed by atoms with Crippen LogP contribution in [0, 0.1) is 6.92 Å².